The quantitative estimate of drug-likeness (QED) is 0.770. The Balaban J connectivity index is 2.19. The van der Waals surface area contributed by atoms with Crippen molar-refractivity contribution < 1.29 is 9.59 Å². The highest BCUT2D eigenvalue weighted by atomic mass is 16.2. The Hall–Kier alpha value is -1.91. The lowest BCUT2D eigenvalue weighted by atomic mass is 10.2. The minimum Gasteiger partial charge on any atom is -0.368 e. The normalized spacial score (nSPS) is 19.8. The third kappa shape index (κ3) is 1.88. The van der Waals surface area contributed by atoms with Gasteiger partial charge in [0, 0.05) is 12.7 Å². The molecule has 1 aromatic heterocycles. The number of hydrogen-bond acceptors (Lipinski definition) is 3. The van der Waals surface area contributed by atoms with Crippen LogP contribution in [0.1, 0.15) is 23.3 Å². The third-order valence-electron chi connectivity index (χ3n) is 2.73. The molecule has 0 radical (unpaired) electrons. The number of pyridine rings is 1. The molecular weight excluding hydrogens is 206 g/mol. The average molecular weight is 219 g/mol. The zero-order valence-electron chi connectivity index (χ0n) is 8.80. The Labute approximate surface area is 93.3 Å². The van der Waals surface area contributed by atoms with Gasteiger partial charge in [-0.25, -0.2) is 0 Å². The Kier molecular flexibility index (Phi) is 2.85. The van der Waals surface area contributed by atoms with E-state index < -0.39 is 11.9 Å². The lowest BCUT2D eigenvalue weighted by Crippen LogP contribution is -2.43. The molecule has 0 spiro atoms. The molecule has 1 fully saturated rings. The summed E-state index contributed by atoms with van der Waals surface area (Å²) in [4.78, 5) is 28.7. The van der Waals surface area contributed by atoms with Crippen molar-refractivity contribution in [3.05, 3.63) is 30.1 Å². The maximum atomic E-state index is 12.0. The van der Waals surface area contributed by atoms with Crippen molar-refractivity contribution in [2.45, 2.75) is 18.9 Å². The Morgan fingerprint density at radius 2 is 2.25 bits per heavy atom. The second-order valence-corrected chi connectivity index (χ2v) is 3.77. The first kappa shape index (κ1) is 10.6. The Morgan fingerprint density at radius 3 is 2.88 bits per heavy atom. The summed E-state index contributed by atoms with van der Waals surface area (Å²) < 4.78 is 0. The lowest BCUT2D eigenvalue weighted by Gasteiger charge is -2.21. The molecule has 2 N–H and O–H groups in total. The van der Waals surface area contributed by atoms with Crippen molar-refractivity contribution in [1.82, 2.24) is 9.88 Å². The van der Waals surface area contributed by atoms with E-state index in [4.69, 9.17) is 5.73 Å². The monoisotopic (exact) mass is 219 g/mol. The van der Waals surface area contributed by atoms with Crippen molar-refractivity contribution in [2.24, 2.45) is 5.73 Å². The molecule has 1 aliphatic heterocycles. The molecule has 84 valence electrons. The zero-order chi connectivity index (χ0) is 11.5. The summed E-state index contributed by atoms with van der Waals surface area (Å²) in [5.41, 5.74) is 5.61. The highest BCUT2D eigenvalue weighted by molar-refractivity contribution is 5.96. The summed E-state index contributed by atoms with van der Waals surface area (Å²) in [5.74, 6) is -0.663. The van der Waals surface area contributed by atoms with Gasteiger partial charge in [-0.1, -0.05) is 6.07 Å². The van der Waals surface area contributed by atoms with Crippen LogP contribution in [0, 0.1) is 0 Å². The number of likely N-dealkylation sites (tertiary alicyclic amines) is 1. The number of nitrogens with zero attached hydrogens (tertiary/aromatic N) is 2. The van der Waals surface area contributed by atoms with Crippen LogP contribution in [0.2, 0.25) is 0 Å². The molecule has 0 aromatic carbocycles. The summed E-state index contributed by atoms with van der Waals surface area (Å²) in [6, 6.07) is 4.65. The van der Waals surface area contributed by atoms with Gasteiger partial charge in [0.05, 0.1) is 0 Å². The van der Waals surface area contributed by atoms with Gasteiger partial charge in [-0.3, -0.25) is 14.6 Å². The van der Waals surface area contributed by atoms with E-state index in [1.807, 2.05) is 0 Å². The van der Waals surface area contributed by atoms with E-state index >= 15 is 0 Å². The molecule has 2 amide bonds. The van der Waals surface area contributed by atoms with E-state index in [-0.39, 0.29) is 5.91 Å². The first-order valence-electron chi connectivity index (χ1n) is 5.21. The van der Waals surface area contributed by atoms with Crippen LogP contribution in [0.15, 0.2) is 24.4 Å². The smallest absolute Gasteiger partial charge is 0.273 e. The number of carbonyl (C=O) groups is 2. The number of aromatic nitrogens is 1. The van der Waals surface area contributed by atoms with Crippen LogP contribution in [-0.2, 0) is 4.79 Å². The lowest BCUT2D eigenvalue weighted by molar-refractivity contribution is -0.121. The molecule has 5 heteroatoms. The molecular formula is C11H13N3O2. The van der Waals surface area contributed by atoms with Crippen molar-refractivity contribution in [2.75, 3.05) is 6.54 Å². The molecule has 0 saturated carbocycles. The van der Waals surface area contributed by atoms with Crippen LogP contribution >= 0.6 is 0 Å². The second kappa shape index (κ2) is 4.30. The summed E-state index contributed by atoms with van der Waals surface area (Å²) in [5, 5.41) is 0. The van der Waals surface area contributed by atoms with Gasteiger partial charge in [0.2, 0.25) is 5.91 Å². The summed E-state index contributed by atoms with van der Waals surface area (Å²) in [6.07, 6.45) is 3.02. The van der Waals surface area contributed by atoms with Crippen LogP contribution in [0.4, 0.5) is 0 Å². The van der Waals surface area contributed by atoms with Gasteiger partial charge >= 0.3 is 0 Å². The highest BCUT2D eigenvalue weighted by Crippen LogP contribution is 2.18. The van der Waals surface area contributed by atoms with E-state index in [1.165, 1.54) is 4.90 Å². The summed E-state index contributed by atoms with van der Waals surface area (Å²) >= 11 is 0. The molecule has 1 aromatic rings. The Bertz CT molecular complexity index is 405. The molecule has 2 heterocycles. The summed E-state index contributed by atoms with van der Waals surface area (Å²) in [7, 11) is 0. The van der Waals surface area contributed by atoms with Gasteiger partial charge in [-0.2, -0.15) is 0 Å². The van der Waals surface area contributed by atoms with E-state index in [2.05, 4.69) is 4.98 Å². The molecule has 5 nitrogen and oxygen atoms in total. The average Bonchev–Trinajstić information content (AvgIpc) is 2.78. The van der Waals surface area contributed by atoms with Crippen molar-refractivity contribution in [3.8, 4) is 0 Å². The number of nitrogens with two attached hydrogens (primary N) is 1. The van der Waals surface area contributed by atoms with Gasteiger partial charge in [0.25, 0.3) is 5.91 Å². The van der Waals surface area contributed by atoms with Crippen molar-refractivity contribution >= 4 is 11.8 Å². The second-order valence-electron chi connectivity index (χ2n) is 3.77. The highest BCUT2D eigenvalue weighted by Gasteiger charge is 2.33. The Morgan fingerprint density at radius 1 is 1.44 bits per heavy atom. The van der Waals surface area contributed by atoms with Crippen molar-refractivity contribution in [1.29, 1.82) is 0 Å². The molecule has 1 aliphatic rings. The van der Waals surface area contributed by atoms with Gasteiger partial charge < -0.3 is 10.6 Å². The van der Waals surface area contributed by atoms with Gasteiger partial charge in [-0.05, 0) is 25.0 Å². The van der Waals surface area contributed by atoms with Gasteiger partial charge in [0.1, 0.15) is 11.7 Å². The van der Waals surface area contributed by atoms with Crippen LogP contribution < -0.4 is 5.73 Å². The largest absolute Gasteiger partial charge is 0.368 e. The fourth-order valence-electron chi connectivity index (χ4n) is 1.94. The molecule has 16 heavy (non-hydrogen) atoms. The molecule has 1 atom stereocenters. The predicted octanol–water partition coefficient (Wildman–Crippen LogP) is 0.171. The predicted molar refractivity (Wildman–Crippen MR) is 57.5 cm³/mol. The number of primary amides is 1. The number of rotatable bonds is 2. The first-order valence-corrected chi connectivity index (χ1v) is 5.21. The minimum absolute atomic E-state index is 0.220. The van der Waals surface area contributed by atoms with E-state index in [9.17, 15) is 9.59 Å². The molecule has 0 aliphatic carbocycles. The van der Waals surface area contributed by atoms with Gasteiger partial charge in [0.15, 0.2) is 0 Å². The molecule has 1 saturated heterocycles. The van der Waals surface area contributed by atoms with Crippen LogP contribution in [-0.4, -0.2) is 34.3 Å². The zero-order valence-corrected chi connectivity index (χ0v) is 8.80. The van der Waals surface area contributed by atoms with E-state index in [0.29, 0.717) is 18.7 Å². The number of carbonyl (C=O) groups excluding carboxylic acids is 2. The first-order chi connectivity index (χ1) is 7.70. The fraction of sp³-hybridized carbons (Fsp3) is 0.364. The fourth-order valence-corrected chi connectivity index (χ4v) is 1.94. The van der Waals surface area contributed by atoms with E-state index in [1.54, 1.807) is 24.4 Å². The molecule has 0 bridgehead atoms. The van der Waals surface area contributed by atoms with Crippen molar-refractivity contribution in [3.63, 3.8) is 0 Å². The third-order valence-corrected chi connectivity index (χ3v) is 2.73. The number of hydrogen-bond donors (Lipinski definition) is 1. The topological polar surface area (TPSA) is 76.3 Å². The van der Waals surface area contributed by atoms with Crippen LogP contribution in [0.25, 0.3) is 0 Å². The number of amides is 2. The van der Waals surface area contributed by atoms with E-state index in [0.717, 1.165) is 6.42 Å². The van der Waals surface area contributed by atoms with Gasteiger partial charge in [-0.15, -0.1) is 0 Å². The van der Waals surface area contributed by atoms with Crippen LogP contribution in [0.3, 0.4) is 0 Å². The maximum absolute atomic E-state index is 12.0. The SMILES string of the molecule is NC(=O)C1CCCN1C(=O)c1ccccn1. The maximum Gasteiger partial charge on any atom is 0.273 e. The molecule has 1 unspecified atom stereocenters. The molecule has 2 rings (SSSR count). The standard InChI is InChI=1S/C11H13N3O2/c12-10(15)9-5-3-7-14(9)11(16)8-4-1-2-6-13-8/h1-2,4,6,9H,3,5,7H2,(H2,12,15). The summed E-state index contributed by atoms with van der Waals surface area (Å²) in [6.45, 7) is 0.572. The minimum atomic E-state index is -0.477. The van der Waals surface area contributed by atoms with Crippen LogP contribution in [0.5, 0.6) is 0 Å².